The van der Waals surface area contributed by atoms with E-state index in [0.29, 0.717) is 34.6 Å². The number of hydrogen-bond acceptors (Lipinski definition) is 7. The van der Waals surface area contributed by atoms with E-state index < -0.39 is 0 Å². The lowest BCUT2D eigenvalue weighted by atomic mass is 9.89. The van der Waals surface area contributed by atoms with Crippen LogP contribution in [-0.2, 0) is 22.4 Å². The summed E-state index contributed by atoms with van der Waals surface area (Å²) in [5.41, 5.74) is 2.71. The topological polar surface area (TPSA) is 98.1 Å². The molecular weight excluding hydrogens is 442 g/mol. The van der Waals surface area contributed by atoms with E-state index in [1.165, 1.54) is 16.2 Å². The number of anilines is 2. The molecular formula is C23H29N5O2S2. The molecule has 1 saturated heterocycles. The van der Waals surface area contributed by atoms with Gasteiger partial charge in [0.1, 0.15) is 11.1 Å². The van der Waals surface area contributed by atoms with Crippen LogP contribution in [0.2, 0.25) is 0 Å². The molecule has 0 bridgehead atoms. The summed E-state index contributed by atoms with van der Waals surface area (Å²) < 4.78 is 0. The predicted octanol–water partition coefficient (Wildman–Crippen LogP) is 4.19. The number of likely N-dealkylation sites (tertiary alicyclic amines) is 1. The van der Waals surface area contributed by atoms with Gasteiger partial charge in [0.2, 0.25) is 11.8 Å². The van der Waals surface area contributed by atoms with Crippen molar-refractivity contribution in [1.82, 2.24) is 9.88 Å². The molecule has 1 fully saturated rings. The summed E-state index contributed by atoms with van der Waals surface area (Å²) in [6, 6.07) is 2.31. The molecule has 2 aromatic rings. The third-order valence-corrected chi connectivity index (χ3v) is 8.38. The molecule has 0 aromatic carbocycles. The van der Waals surface area contributed by atoms with Crippen LogP contribution in [0.15, 0.2) is 5.38 Å². The Morgan fingerprint density at radius 2 is 2.06 bits per heavy atom. The molecule has 1 aliphatic heterocycles. The predicted molar refractivity (Wildman–Crippen MR) is 128 cm³/mol. The monoisotopic (exact) mass is 471 g/mol. The molecule has 1 unspecified atom stereocenters. The minimum atomic E-state index is -0.0489. The first kappa shape index (κ1) is 22.9. The van der Waals surface area contributed by atoms with Crippen molar-refractivity contribution in [2.75, 3.05) is 30.3 Å². The van der Waals surface area contributed by atoms with Gasteiger partial charge in [-0.1, -0.05) is 6.92 Å². The standard InChI is InChI=1S/C23H29N5O2S2/c1-14-3-4-17-18(12-24)22(32-19(17)11-14)26-20(29)7-10-28-8-5-16(6-9-28)21(30)27-23-25-15(2)13-31-23/h13-14,16H,3-11H2,1-2H3,(H,26,29)(H,25,27,30). The Labute approximate surface area is 196 Å². The molecule has 2 aromatic heterocycles. The molecule has 0 saturated carbocycles. The molecule has 1 aliphatic carbocycles. The zero-order valence-electron chi connectivity index (χ0n) is 18.6. The summed E-state index contributed by atoms with van der Waals surface area (Å²) in [6.07, 6.45) is 4.98. The molecule has 4 rings (SSSR count). The molecule has 0 radical (unpaired) electrons. The van der Waals surface area contributed by atoms with Crippen molar-refractivity contribution >= 4 is 44.6 Å². The van der Waals surface area contributed by atoms with Crippen molar-refractivity contribution in [3.05, 3.63) is 27.1 Å². The minimum Gasteiger partial charge on any atom is -0.317 e. The van der Waals surface area contributed by atoms with Gasteiger partial charge >= 0.3 is 0 Å². The van der Waals surface area contributed by atoms with E-state index in [9.17, 15) is 14.9 Å². The Morgan fingerprint density at radius 3 is 2.75 bits per heavy atom. The molecule has 2 amide bonds. The number of carbonyl (C=O) groups excluding carboxylic acids is 2. The number of thiophene rings is 1. The summed E-state index contributed by atoms with van der Waals surface area (Å²) in [7, 11) is 0. The van der Waals surface area contributed by atoms with E-state index in [2.05, 4.69) is 33.5 Å². The van der Waals surface area contributed by atoms with E-state index >= 15 is 0 Å². The normalized spacial score (nSPS) is 19.2. The average molecular weight is 472 g/mol. The fraction of sp³-hybridized carbons (Fsp3) is 0.565. The van der Waals surface area contributed by atoms with Gasteiger partial charge in [-0.15, -0.1) is 22.7 Å². The third-order valence-electron chi connectivity index (χ3n) is 6.34. The highest BCUT2D eigenvalue weighted by molar-refractivity contribution is 7.16. The van der Waals surface area contributed by atoms with Gasteiger partial charge in [-0.2, -0.15) is 5.26 Å². The van der Waals surface area contributed by atoms with Crippen molar-refractivity contribution < 1.29 is 9.59 Å². The molecule has 3 heterocycles. The largest absolute Gasteiger partial charge is 0.317 e. The average Bonchev–Trinajstić information content (AvgIpc) is 3.34. The number of fused-ring (bicyclic) bond motifs is 1. The zero-order chi connectivity index (χ0) is 22.7. The molecule has 7 nitrogen and oxygen atoms in total. The van der Waals surface area contributed by atoms with E-state index in [4.69, 9.17) is 0 Å². The van der Waals surface area contributed by atoms with Crippen LogP contribution in [0.4, 0.5) is 10.1 Å². The lowest BCUT2D eigenvalue weighted by Gasteiger charge is -2.30. The van der Waals surface area contributed by atoms with Crippen LogP contribution in [0.5, 0.6) is 0 Å². The smallest absolute Gasteiger partial charge is 0.229 e. The van der Waals surface area contributed by atoms with E-state index in [1.807, 2.05) is 12.3 Å². The molecule has 32 heavy (non-hydrogen) atoms. The van der Waals surface area contributed by atoms with Crippen LogP contribution in [0.3, 0.4) is 0 Å². The summed E-state index contributed by atoms with van der Waals surface area (Å²) in [6.45, 7) is 6.42. The van der Waals surface area contributed by atoms with E-state index in [1.54, 1.807) is 11.3 Å². The fourth-order valence-corrected chi connectivity index (χ4v) is 6.51. The molecule has 2 N–H and O–H groups in total. The maximum absolute atomic E-state index is 12.6. The van der Waals surface area contributed by atoms with Gasteiger partial charge in [0, 0.05) is 29.1 Å². The number of thiazole rings is 1. The summed E-state index contributed by atoms with van der Waals surface area (Å²) in [4.78, 5) is 32.8. The molecule has 170 valence electrons. The molecule has 1 atom stereocenters. The quantitative estimate of drug-likeness (QED) is 0.658. The van der Waals surface area contributed by atoms with E-state index in [-0.39, 0.29) is 17.7 Å². The minimum absolute atomic E-state index is 0.0118. The second-order valence-electron chi connectivity index (χ2n) is 8.87. The van der Waals surface area contributed by atoms with Gasteiger partial charge in [-0.25, -0.2) is 4.98 Å². The van der Waals surface area contributed by atoms with Gasteiger partial charge in [0.15, 0.2) is 5.13 Å². The second kappa shape index (κ2) is 10.1. The number of aromatic nitrogens is 1. The highest BCUT2D eigenvalue weighted by Gasteiger charge is 2.27. The Morgan fingerprint density at radius 1 is 1.28 bits per heavy atom. The molecule has 0 spiro atoms. The van der Waals surface area contributed by atoms with Gasteiger partial charge in [0.05, 0.1) is 11.3 Å². The Kier molecular flexibility index (Phi) is 7.23. The van der Waals surface area contributed by atoms with Crippen LogP contribution in [-0.4, -0.2) is 41.3 Å². The van der Waals surface area contributed by atoms with Gasteiger partial charge in [-0.3, -0.25) is 9.59 Å². The number of rotatable bonds is 6. The van der Waals surface area contributed by atoms with Crippen LogP contribution in [0.25, 0.3) is 0 Å². The van der Waals surface area contributed by atoms with Gasteiger partial charge < -0.3 is 15.5 Å². The zero-order valence-corrected chi connectivity index (χ0v) is 20.2. The molecule has 2 aliphatic rings. The molecule has 9 heteroatoms. The van der Waals surface area contributed by atoms with Crippen LogP contribution >= 0.6 is 22.7 Å². The maximum atomic E-state index is 12.6. The Balaban J connectivity index is 1.23. The Hall–Kier alpha value is -2.28. The number of aryl methyl sites for hydroxylation is 1. The van der Waals surface area contributed by atoms with Gasteiger partial charge in [-0.05, 0) is 63.6 Å². The number of nitrogens with zero attached hydrogens (tertiary/aromatic N) is 3. The third kappa shape index (κ3) is 5.37. The maximum Gasteiger partial charge on any atom is 0.229 e. The number of carbonyl (C=O) groups is 2. The first-order chi connectivity index (χ1) is 15.4. The Bertz CT molecular complexity index is 1030. The summed E-state index contributed by atoms with van der Waals surface area (Å²) in [5.74, 6) is 0.609. The van der Waals surface area contributed by atoms with Crippen molar-refractivity contribution in [3.8, 4) is 6.07 Å². The number of amides is 2. The fourth-order valence-electron chi connectivity index (χ4n) is 4.44. The number of hydrogen-bond donors (Lipinski definition) is 2. The summed E-state index contributed by atoms with van der Waals surface area (Å²) in [5, 5.41) is 18.8. The van der Waals surface area contributed by atoms with Crippen LogP contribution in [0.1, 0.15) is 54.3 Å². The van der Waals surface area contributed by atoms with Crippen molar-refractivity contribution in [2.24, 2.45) is 11.8 Å². The second-order valence-corrected chi connectivity index (χ2v) is 10.8. The van der Waals surface area contributed by atoms with Gasteiger partial charge in [0.25, 0.3) is 0 Å². The summed E-state index contributed by atoms with van der Waals surface area (Å²) >= 11 is 3.02. The van der Waals surface area contributed by atoms with E-state index in [0.717, 1.165) is 56.5 Å². The number of piperidine rings is 1. The lowest BCUT2D eigenvalue weighted by Crippen LogP contribution is -2.39. The SMILES string of the molecule is Cc1csc(NC(=O)C2CCN(CCC(=O)Nc3sc4c(c3C#N)CCC(C)C4)CC2)n1. The highest BCUT2D eigenvalue weighted by atomic mass is 32.1. The van der Waals surface area contributed by atoms with Crippen LogP contribution < -0.4 is 10.6 Å². The van der Waals surface area contributed by atoms with Crippen LogP contribution in [0, 0.1) is 30.1 Å². The lowest BCUT2D eigenvalue weighted by molar-refractivity contribution is -0.121. The van der Waals surface area contributed by atoms with Crippen molar-refractivity contribution in [1.29, 1.82) is 5.26 Å². The first-order valence-corrected chi connectivity index (χ1v) is 12.9. The number of nitriles is 1. The van der Waals surface area contributed by atoms with Crippen molar-refractivity contribution in [3.63, 3.8) is 0 Å². The first-order valence-electron chi connectivity index (χ1n) is 11.2. The van der Waals surface area contributed by atoms with Crippen molar-refractivity contribution in [2.45, 2.75) is 52.4 Å². The highest BCUT2D eigenvalue weighted by Crippen LogP contribution is 2.39. The number of nitrogens with one attached hydrogen (secondary N) is 2.